The van der Waals surface area contributed by atoms with Crippen LogP contribution >= 0.6 is 11.6 Å². The van der Waals surface area contributed by atoms with Crippen molar-refractivity contribution < 1.29 is 22.7 Å². The number of ether oxygens (including phenoxy) is 1. The number of rotatable bonds is 4. The number of nitrogens with one attached hydrogen (secondary N) is 1. The van der Waals surface area contributed by atoms with Gasteiger partial charge >= 0.3 is 0 Å². The van der Waals surface area contributed by atoms with Gasteiger partial charge in [0.2, 0.25) is 10.0 Å². The summed E-state index contributed by atoms with van der Waals surface area (Å²) in [6.45, 7) is 2.18. The van der Waals surface area contributed by atoms with Crippen molar-refractivity contribution >= 4 is 21.6 Å². The molecule has 0 amide bonds. The number of halogens is 2. The lowest BCUT2D eigenvalue weighted by Crippen LogP contribution is -2.49. The van der Waals surface area contributed by atoms with Gasteiger partial charge in [-0.3, -0.25) is 0 Å². The Morgan fingerprint density at radius 1 is 1.43 bits per heavy atom. The summed E-state index contributed by atoms with van der Waals surface area (Å²) < 4.78 is 46.3. The van der Waals surface area contributed by atoms with Gasteiger partial charge in [0.15, 0.2) is 0 Å². The molecule has 1 saturated heterocycles. The second kappa shape index (κ2) is 6.18. The molecular weight excluding hydrogens is 321 g/mol. The molecule has 0 bridgehead atoms. The van der Waals surface area contributed by atoms with E-state index in [0.29, 0.717) is 26.1 Å². The van der Waals surface area contributed by atoms with Crippen LogP contribution in [0.5, 0.6) is 0 Å². The Balaban J connectivity index is 2.33. The Morgan fingerprint density at radius 3 is 2.62 bits per heavy atom. The lowest BCUT2D eigenvalue weighted by molar-refractivity contribution is 0.0537. The first-order chi connectivity index (χ1) is 9.77. The summed E-state index contributed by atoms with van der Waals surface area (Å²) in [7, 11) is -3.91. The van der Waals surface area contributed by atoms with E-state index < -0.39 is 28.0 Å². The van der Waals surface area contributed by atoms with Crippen LogP contribution in [-0.4, -0.2) is 32.3 Å². The highest BCUT2D eigenvalue weighted by molar-refractivity contribution is 7.89. The minimum atomic E-state index is -3.91. The summed E-state index contributed by atoms with van der Waals surface area (Å²) in [6.07, 6.45) is 1.07. The SMILES string of the molecule is CC1(NS(=O)(=O)c2cc(F)c(Cl)c(CO)c2)CCOCC1. The van der Waals surface area contributed by atoms with Crippen LogP contribution < -0.4 is 4.72 Å². The molecular formula is C13H17ClFNO4S. The maximum atomic E-state index is 13.7. The molecule has 0 aliphatic carbocycles. The number of sulfonamides is 1. The van der Waals surface area contributed by atoms with Gasteiger partial charge in [0, 0.05) is 24.3 Å². The maximum Gasteiger partial charge on any atom is 0.241 e. The van der Waals surface area contributed by atoms with Crippen LogP contribution in [0.3, 0.4) is 0 Å². The summed E-state index contributed by atoms with van der Waals surface area (Å²) in [4.78, 5) is -0.249. The van der Waals surface area contributed by atoms with Crippen LogP contribution in [0.15, 0.2) is 17.0 Å². The smallest absolute Gasteiger partial charge is 0.241 e. The summed E-state index contributed by atoms with van der Waals surface area (Å²) in [5, 5.41) is 8.85. The number of hydrogen-bond acceptors (Lipinski definition) is 4. The van der Waals surface area contributed by atoms with Crippen molar-refractivity contribution in [2.45, 2.75) is 36.8 Å². The number of hydrogen-bond donors (Lipinski definition) is 2. The second-order valence-corrected chi connectivity index (χ2v) is 7.38. The topological polar surface area (TPSA) is 75.6 Å². The van der Waals surface area contributed by atoms with Gasteiger partial charge in [-0.2, -0.15) is 0 Å². The standard InChI is InChI=1S/C13H17ClFNO4S/c1-13(2-4-20-5-3-13)16-21(18,19)10-6-9(8-17)12(14)11(15)7-10/h6-7,16-17H,2-5,8H2,1H3. The van der Waals surface area contributed by atoms with E-state index in [1.165, 1.54) is 6.07 Å². The normalized spacial score (nSPS) is 18.7. The fraction of sp³-hybridized carbons (Fsp3) is 0.538. The highest BCUT2D eigenvalue weighted by atomic mass is 35.5. The van der Waals surface area contributed by atoms with Crippen molar-refractivity contribution in [3.63, 3.8) is 0 Å². The van der Waals surface area contributed by atoms with Crippen LogP contribution in [-0.2, 0) is 21.4 Å². The Kier molecular flexibility index (Phi) is 4.89. The minimum Gasteiger partial charge on any atom is -0.392 e. The Bertz CT molecular complexity index is 629. The first-order valence-corrected chi connectivity index (χ1v) is 8.34. The number of aliphatic hydroxyl groups excluding tert-OH is 1. The molecule has 0 radical (unpaired) electrons. The lowest BCUT2D eigenvalue weighted by Gasteiger charge is -2.34. The van der Waals surface area contributed by atoms with Crippen molar-refractivity contribution in [3.8, 4) is 0 Å². The summed E-state index contributed by atoms with van der Waals surface area (Å²) in [5.74, 6) is -0.874. The van der Waals surface area contributed by atoms with Crippen molar-refractivity contribution in [1.29, 1.82) is 0 Å². The van der Waals surface area contributed by atoms with Gasteiger partial charge in [-0.1, -0.05) is 11.6 Å². The molecule has 0 aromatic heterocycles. The van der Waals surface area contributed by atoms with Gasteiger partial charge in [-0.25, -0.2) is 17.5 Å². The Labute approximate surface area is 128 Å². The molecule has 0 unspecified atom stereocenters. The molecule has 1 aromatic rings. The van der Waals surface area contributed by atoms with E-state index >= 15 is 0 Å². The highest BCUT2D eigenvalue weighted by Crippen LogP contribution is 2.27. The molecule has 0 spiro atoms. The van der Waals surface area contributed by atoms with E-state index in [2.05, 4.69) is 4.72 Å². The summed E-state index contributed by atoms with van der Waals surface area (Å²) >= 11 is 5.67. The monoisotopic (exact) mass is 337 g/mol. The van der Waals surface area contributed by atoms with E-state index in [1.807, 2.05) is 0 Å². The minimum absolute atomic E-state index is 0.0363. The van der Waals surface area contributed by atoms with Gasteiger partial charge in [0.25, 0.3) is 0 Å². The third kappa shape index (κ3) is 3.73. The molecule has 118 valence electrons. The fourth-order valence-corrected chi connectivity index (χ4v) is 3.89. The predicted molar refractivity (Wildman–Crippen MR) is 76.1 cm³/mol. The number of benzene rings is 1. The molecule has 5 nitrogen and oxygen atoms in total. The van der Waals surface area contributed by atoms with E-state index in [0.717, 1.165) is 6.07 Å². The van der Waals surface area contributed by atoms with Crippen molar-refractivity contribution in [3.05, 3.63) is 28.5 Å². The molecule has 1 heterocycles. The quantitative estimate of drug-likeness (QED) is 0.878. The van der Waals surface area contributed by atoms with Gasteiger partial charge in [-0.15, -0.1) is 0 Å². The fourth-order valence-electron chi connectivity index (χ4n) is 2.20. The van der Waals surface area contributed by atoms with E-state index in [4.69, 9.17) is 21.4 Å². The van der Waals surface area contributed by atoms with Gasteiger partial charge in [-0.05, 0) is 31.9 Å². The molecule has 1 aliphatic heterocycles. The van der Waals surface area contributed by atoms with Crippen LogP contribution in [0.4, 0.5) is 4.39 Å². The second-order valence-electron chi connectivity index (χ2n) is 5.31. The molecule has 1 aromatic carbocycles. The van der Waals surface area contributed by atoms with Gasteiger partial charge in [0.05, 0.1) is 16.5 Å². The molecule has 2 N–H and O–H groups in total. The molecule has 0 saturated carbocycles. The van der Waals surface area contributed by atoms with E-state index in [1.54, 1.807) is 6.92 Å². The predicted octanol–water partition coefficient (Wildman–Crippen LogP) is 1.82. The molecule has 8 heteroatoms. The van der Waals surface area contributed by atoms with Gasteiger partial charge in [0.1, 0.15) is 5.82 Å². The Hall–Kier alpha value is -0.730. The maximum absolute atomic E-state index is 13.7. The zero-order valence-corrected chi connectivity index (χ0v) is 13.1. The molecule has 21 heavy (non-hydrogen) atoms. The lowest BCUT2D eigenvalue weighted by atomic mass is 9.94. The molecule has 1 fully saturated rings. The zero-order chi connectivity index (χ0) is 15.7. The highest BCUT2D eigenvalue weighted by Gasteiger charge is 2.33. The van der Waals surface area contributed by atoms with Crippen molar-refractivity contribution in [2.75, 3.05) is 13.2 Å². The largest absolute Gasteiger partial charge is 0.392 e. The molecule has 2 rings (SSSR count). The van der Waals surface area contributed by atoms with Crippen LogP contribution in [0, 0.1) is 5.82 Å². The third-order valence-corrected chi connectivity index (χ3v) is 5.58. The zero-order valence-electron chi connectivity index (χ0n) is 11.5. The van der Waals surface area contributed by atoms with Gasteiger partial charge < -0.3 is 9.84 Å². The first-order valence-electron chi connectivity index (χ1n) is 6.48. The summed E-state index contributed by atoms with van der Waals surface area (Å²) in [5.41, 5.74) is -0.596. The van der Waals surface area contributed by atoms with Crippen molar-refractivity contribution in [1.82, 2.24) is 4.72 Å². The van der Waals surface area contributed by atoms with Crippen LogP contribution in [0.1, 0.15) is 25.3 Å². The number of aliphatic hydroxyl groups is 1. The van der Waals surface area contributed by atoms with Crippen molar-refractivity contribution in [2.24, 2.45) is 0 Å². The Morgan fingerprint density at radius 2 is 2.05 bits per heavy atom. The average Bonchev–Trinajstić information content (AvgIpc) is 2.41. The first kappa shape index (κ1) is 16.6. The van der Waals surface area contributed by atoms with Crippen LogP contribution in [0.2, 0.25) is 5.02 Å². The molecule has 0 atom stereocenters. The summed E-state index contributed by atoms with van der Waals surface area (Å²) in [6, 6.07) is 2.03. The van der Waals surface area contributed by atoms with E-state index in [-0.39, 0.29) is 15.5 Å². The van der Waals surface area contributed by atoms with Crippen LogP contribution in [0.25, 0.3) is 0 Å². The molecule has 1 aliphatic rings. The average molecular weight is 338 g/mol. The third-order valence-electron chi connectivity index (χ3n) is 3.53. The van der Waals surface area contributed by atoms with E-state index in [9.17, 15) is 12.8 Å².